The Balaban J connectivity index is 2.12. The van der Waals surface area contributed by atoms with Crippen molar-refractivity contribution < 1.29 is 9.84 Å². The van der Waals surface area contributed by atoms with Crippen molar-refractivity contribution in [1.82, 2.24) is 9.36 Å². The molecule has 0 saturated carbocycles. The highest BCUT2D eigenvalue weighted by atomic mass is 32.1. The average molecular weight is 308 g/mol. The Morgan fingerprint density at radius 2 is 2.33 bits per heavy atom. The first-order valence-corrected chi connectivity index (χ1v) is 7.41. The van der Waals surface area contributed by atoms with E-state index in [1.165, 1.54) is 11.5 Å². The SMILES string of the molecule is COCCC(C)(O)CNc1snc(N)c1-c1cccnc1. The number of aliphatic hydroxyl groups is 1. The summed E-state index contributed by atoms with van der Waals surface area (Å²) in [4.78, 5) is 4.10. The van der Waals surface area contributed by atoms with E-state index in [1.54, 1.807) is 26.4 Å². The first kappa shape index (κ1) is 15.7. The number of nitrogens with zero attached hydrogens (tertiary/aromatic N) is 2. The lowest BCUT2D eigenvalue weighted by atomic mass is 10.0. The fourth-order valence-electron chi connectivity index (χ4n) is 1.89. The highest BCUT2D eigenvalue weighted by molar-refractivity contribution is 7.11. The van der Waals surface area contributed by atoms with Crippen molar-refractivity contribution in [2.75, 3.05) is 31.3 Å². The number of hydrogen-bond acceptors (Lipinski definition) is 7. The van der Waals surface area contributed by atoms with Gasteiger partial charge >= 0.3 is 0 Å². The molecule has 0 aliphatic rings. The van der Waals surface area contributed by atoms with Crippen molar-refractivity contribution in [2.45, 2.75) is 18.9 Å². The topological polar surface area (TPSA) is 93.3 Å². The molecule has 2 rings (SSSR count). The lowest BCUT2D eigenvalue weighted by molar-refractivity contribution is 0.0358. The van der Waals surface area contributed by atoms with E-state index in [1.807, 2.05) is 12.1 Å². The highest BCUT2D eigenvalue weighted by Gasteiger charge is 2.22. The Morgan fingerprint density at radius 3 is 3.00 bits per heavy atom. The number of nitrogen functional groups attached to an aromatic ring is 1. The molecule has 2 aromatic heterocycles. The molecule has 4 N–H and O–H groups in total. The van der Waals surface area contributed by atoms with E-state index in [2.05, 4.69) is 14.7 Å². The van der Waals surface area contributed by atoms with Crippen LogP contribution in [0.2, 0.25) is 0 Å². The van der Waals surface area contributed by atoms with Crippen LogP contribution in [0, 0.1) is 0 Å². The second kappa shape index (κ2) is 6.84. The molecular weight excluding hydrogens is 288 g/mol. The maximum Gasteiger partial charge on any atom is 0.147 e. The van der Waals surface area contributed by atoms with Gasteiger partial charge in [-0.3, -0.25) is 4.98 Å². The van der Waals surface area contributed by atoms with Crippen molar-refractivity contribution in [1.29, 1.82) is 0 Å². The quantitative estimate of drug-likeness (QED) is 0.724. The fraction of sp³-hybridized carbons (Fsp3) is 0.429. The van der Waals surface area contributed by atoms with Crippen molar-refractivity contribution in [3.05, 3.63) is 24.5 Å². The molecule has 0 bridgehead atoms. The number of methoxy groups -OCH3 is 1. The van der Waals surface area contributed by atoms with Gasteiger partial charge in [0.25, 0.3) is 0 Å². The number of pyridine rings is 1. The summed E-state index contributed by atoms with van der Waals surface area (Å²) < 4.78 is 9.18. The lowest BCUT2D eigenvalue weighted by Gasteiger charge is -2.23. The van der Waals surface area contributed by atoms with E-state index in [0.717, 1.165) is 16.1 Å². The molecule has 1 unspecified atom stereocenters. The first-order valence-electron chi connectivity index (χ1n) is 6.64. The Morgan fingerprint density at radius 1 is 1.52 bits per heavy atom. The van der Waals surface area contributed by atoms with Gasteiger partial charge in [-0.1, -0.05) is 6.07 Å². The maximum atomic E-state index is 10.3. The molecule has 0 aromatic carbocycles. The third-order valence-corrected chi connectivity index (χ3v) is 3.96. The minimum atomic E-state index is -0.860. The Bertz CT molecular complexity index is 572. The van der Waals surface area contributed by atoms with Gasteiger partial charge in [0.1, 0.15) is 10.8 Å². The summed E-state index contributed by atoms with van der Waals surface area (Å²) in [6.45, 7) is 2.67. The maximum absolute atomic E-state index is 10.3. The molecule has 0 aliphatic heterocycles. The molecule has 2 aromatic rings. The number of hydrogen-bond donors (Lipinski definition) is 3. The highest BCUT2D eigenvalue weighted by Crippen LogP contribution is 2.36. The molecule has 0 aliphatic carbocycles. The molecule has 0 amide bonds. The molecular formula is C14H20N4O2S. The largest absolute Gasteiger partial charge is 0.388 e. The zero-order valence-corrected chi connectivity index (χ0v) is 13.0. The van der Waals surface area contributed by atoms with Gasteiger partial charge in [-0.2, -0.15) is 4.37 Å². The third-order valence-electron chi connectivity index (χ3n) is 3.14. The molecule has 0 saturated heterocycles. The second-order valence-corrected chi connectivity index (χ2v) is 5.88. The number of nitrogens with two attached hydrogens (primary N) is 1. The summed E-state index contributed by atoms with van der Waals surface area (Å²) in [5.41, 5.74) is 6.82. The number of nitrogens with one attached hydrogen (secondary N) is 1. The summed E-state index contributed by atoms with van der Waals surface area (Å²) in [6, 6.07) is 3.78. The molecule has 2 heterocycles. The van der Waals surface area contributed by atoms with E-state index in [0.29, 0.717) is 25.4 Å². The fourth-order valence-corrected chi connectivity index (χ4v) is 2.63. The molecule has 0 fully saturated rings. The predicted molar refractivity (Wildman–Crippen MR) is 85.4 cm³/mol. The van der Waals surface area contributed by atoms with E-state index >= 15 is 0 Å². The average Bonchev–Trinajstić information content (AvgIpc) is 2.85. The van der Waals surface area contributed by atoms with Crippen LogP contribution in [-0.2, 0) is 4.74 Å². The van der Waals surface area contributed by atoms with Gasteiger partial charge in [0, 0.05) is 44.6 Å². The van der Waals surface area contributed by atoms with Crippen LogP contribution in [0.4, 0.5) is 10.8 Å². The van der Waals surface area contributed by atoms with Crippen LogP contribution in [0.25, 0.3) is 11.1 Å². The monoisotopic (exact) mass is 308 g/mol. The van der Waals surface area contributed by atoms with Crippen LogP contribution in [0.15, 0.2) is 24.5 Å². The third kappa shape index (κ3) is 4.13. The van der Waals surface area contributed by atoms with Crippen molar-refractivity contribution in [3.63, 3.8) is 0 Å². The van der Waals surface area contributed by atoms with Gasteiger partial charge in [0.15, 0.2) is 0 Å². The van der Waals surface area contributed by atoms with E-state index < -0.39 is 5.60 Å². The summed E-state index contributed by atoms with van der Waals surface area (Å²) >= 11 is 1.28. The van der Waals surface area contributed by atoms with E-state index in [4.69, 9.17) is 10.5 Å². The van der Waals surface area contributed by atoms with Crippen molar-refractivity contribution in [3.8, 4) is 11.1 Å². The zero-order chi connectivity index (χ0) is 15.3. The predicted octanol–water partition coefficient (Wildman–Crippen LogP) is 1.99. The van der Waals surface area contributed by atoms with Gasteiger partial charge in [0.05, 0.1) is 11.2 Å². The molecule has 21 heavy (non-hydrogen) atoms. The minimum absolute atomic E-state index is 0.394. The number of anilines is 2. The summed E-state index contributed by atoms with van der Waals surface area (Å²) in [7, 11) is 1.62. The Hall–Kier alpha value is -1.70. The lowest BCUT2D eigenvalue weighted by Crippen LogP contribution is -2.34. The van der Waals surface area contributed by atoms with Gasteiger partial charge in [-0.05, 0) is 24.5 Å². The van der Waals surface area contributed by atoms with Gasteiger partial charge < -0.3 is 20.9 Å². The van der Waals surface area contributed by atoms with E-state index in [-0.39, 0.29) is 0 Å². The van der Waals surface area contributed by atoms with Crippen LogP contribution in [0.5, 0.6) is 0 Å². The number of ether oxygens (including phenoxy) is 1. The van der Waals surface area contributed by atoms with Crippen LogP contribution in [0.1, 0.15) is 13.3 Å². The van der Waals surface area contributed by atoms with Gasteiger partial charge in [-0.25, -0.2) is 0 Å². The van der Waals surface area contributed by atoms with Gasteiger partial charge in [-0.15, -0.1) is 0 Å². The molecule has 1 atom stereocenters. The molecule has 7 heteroatoms. The van der Waals surface area contributed by atoms with Crippen LogP contribution >= 0.6 is 11.5 Å². The number of rotatable bonds is 7. The van der Waals surface area contributed by atoms with Crippen LogP contribution in [-0.4, -0.2) is 40.3 Å². The molecule has 6 nitrogen and oxygen atoms in total. The first-order chi connectivity index (χ1) is 10.0. The Labute approximate surface area is 128 Å². The summed E-state index contributed by atoms with van der Waals surface area (Å²) in [6.07, 6.45) is 4.00. The van der Waals surface area contributed by atoms with Crippen molar-refractivity contribution >= 4 is 22.4 Å². The second-order valence-electron chi connectivity index (χ2n) is 5.11. The van der Waals surface area contributed by atoms with E-state index in [9.17, 15) is 5.11 Å². The van der Waals surface area contributed by atoms with Gasteiger partial charge in [0.2, 0.25) is 0 Å². The van der Waals surface area contributed by atoms with Crippen LogP contribution in [0.3, 0.4) is 0 Å². The summed E-state index contributed by atoms with van der Waals surface area (Å²) in [5.74, 6) is 0.465. The number of aromatic nitrogens is 2. The minimum Gasteiger partial charge on any atom is -0.388 e. The summed E-state index contributed by atoms with van der Waals surface area (Å²) in [5, 5.41) is 14.3. The smallest absolute Gasteiger partial charge is 0.147 e. The molecule has 114 valence electrons. The molecule has 0 radical (unpaired) electrons. The van der Waals surface area contributed by atoms with Crippen molar-refractivity contribution in [2.24, 2.45) is 0 Å². The Kier molecular flexibility index (Phi) is 5.11. The standard InChI is InChI=1S/C14H20N4O2S/c1-14(19,5-7-20-2)9-17-13-11(12(15)18-21-13)10-4-3-6-16-8-10/h3-4,6,8,17,19H,5,7,9H2,1-2H3,(H2,15,18). The normalized spacial score (nSPS) is 13.9. The van der Waals surface area contributed by atoms with Crippen LogP contribution < -0.4 is 11.1 Å². The molecule has 0 spiro atoms. The zero-order valence-electron chi connectivity index (χ0n) is 12.2.